The molecule has 0 saturated heterocycles. The van der Waals surface area contributed by atoms with Crippen molar-refractivity contribution in [2.45, 2.75) is 19.3 Å². The van der Waals surface area contributed by atoms with Crippen LogP contribution < -0.4 is 4.74 Å². The van der Waals surface area contributed by atoms with Gasteiger partial charge in [-0.15, -0.1) is 0 Å². The van der Waals surface area contributed by atoms with Gasteiger partial charge in [0.2, 0.25) is 0 Å². The summed E-state index contributed by atoms with van der Waals surface area (Å²) >= 11 is 0. The van der Waals surface area contributed by atoms with E-state index in [1.807, 2.05) is 6.07 Å². The zero-order valence-electron chi connectivity index (χ0n) is 7.23. The van der Waals surface area contributed by atoms with Gasteiger partial charge < -0.3 is 4.74 Å². The van der Waals surface area contributed by atoms with Gasteiger partial charge in [-0.05, 0) is 6.07 Å². The van der Waals surface area contributed by atoms with E-state index in [-0.39, 0.29) is 11.2 Å². The van der Waals surface area contributed by atoms with Gasteiger partial charge in [0.25, 0.3) is 0 Å². The van der Waals surface area contributed by atoms with E-state index >= 15 is 0 Å². The Bertz CT molecular complexity index is 318. The number of para-hydroxylation sites is 1. The lowest BCUT2D eigenvalue weighted by Crippen LogP contribution is -2.18. The Labute approximate surface area is 71.2 Å². The van der Waals surface area contributed by atoms with E-state index in [9.17, 15) is 4.39 Å². The Kier molecular flexibility index (Phi) is 1.40. The lowest BCUT2D eigenvalue weighted by atomic mass is 9.87. The first-order chi connectivity index (χ1) is 5.61. The molecule has 0 unspecified atom stereocenters. The van der Waals surface area contributed by atoms with Gasteiger partial charge in [0.15, 0.2) is 11.6 Å². The molecule has 0 saturated carbocycles. The number of rotatable bonds is 0. The predicted molar refractivity (Wildman–Crippen MR) is 44.9 cm³/mol. The molecule has 0 spiro atoms. The fourth-order valence-electron chi connectivity index (χ4n) is 1.52. The third-order valence-corrected chi connectivity index (χ3v) is 2.27. The van der Waals surface area contributed by atoms with Crippen molar-refractivity contribution < 1.29 is 9.13 Å². The quantitative estimate of drug-likeness (QED) is 0.575. The normalized spacial score (nSPS) is 18.6. The fourth-order valence-corrected chi connectivity index (χ4v) is 1.52. The second kappa shape index (κ2) is 2.22. The minimum atomic E-state index is -0.252. The van der Waals surface area contributed by atoms with Crippen molar-refractivity contribution in [3.8, 4) is 5.75 Å². The molecule has 2 heteroatoms. The Balaban J connectivity index is 2.61. The van der Waals surface area contributed by atoms with Crippen molar-refractivity contribution in [2.75, 3.05) is 6.61 Å². The van der Waals surface area contributed by atoms with E-state index in [1.165, 1.54) is 6.07 Å². The molecule has 0 radical (unpaired) electrons. The monoisotopic (exact) mass is 166 g/mol. The van der Waals surface area contributed by atoms with Gasteiger partial charge in [-0.3, -0.25) is 0 Å². The van der Waals surface area contributed by atoms with Crippen LogP contribution >= 0.6 is 0 Å². The van der Waals surface area contributed by atoms with Crippen LogP contribution in [0.2, 0.25) is 0 Å². The summed E-state index contributed by atoms with van der Waals surface area (Å²) in [5.74, 6) is 0.181. The first-order valence-electron chi connectivity index (χ1n) is 4.03. The average molecular weight is 166 g/mol. The number of halogens is 1. The van der Waals surface area contributed by atoms with Crippen LogP contribution in [0, 0.1) is 5.82 Å². The standard InChI is InChI=1S/C10H11FO/c1-10(2)6-12-9-7(10)4-3-5-8(9)11/h3-5H,6H2,1-2H3. The highest BCUT2D eigenvalue weighted by Crippen LogP contribution is 2.39. The number of fused-ring (bicyclic) bond motifs is 1. The van der Waals surface area contributed by atoms with Crippen LogP contribution in [0.1, 0.15) is 19.4 Å². The highest BCUT2D eigenvalue weighted by Gasteiger charge is 2.33. The summed E-state index contributed by atoms with van der Waals surface area (Å²) in [6.07, 6.45) is 0. The topological polar surface area (TPSA) is 9.23 Å². The van der Waals surface area contributed by atoms with Crippen molar-refractivity contribution in [3.63, 3.8) is 0 Å². The predicted octanol–water partition coefficient (Wildman–Crippen LogP) is 2.50. The molecule has 1 aromatic rings. The SMILES string of the molecule is CC1(C)COc2c(F)cccc21. The summed E-state index contributed by atoms with van der Waals surface area (Å²) in [7, 11) is 0. The van der Waals surface area contributed by atoms with Gasteiger partial charge in [0.05, 0.1) is 6.61 Å². The molecule has 0 bridgehead atoms. The molecule has 1 aliphatic heterocycles. The van der Waals surface area contributed by atoms with Crippen molar-refractivity contribution >= 4 is 0 Å². The van der Waals surface area contributed by atoms with E-state index in [0.717, 1.165) is 5.56 Å². The molecule has 12 heavy (non-hydrogen) atoms. The second-order valence-corrected chi connectivity index (χ2v) is 3.79. The highest BCUT2D eigenvalue weighted by molar-refractivity contribution is 5.43. The van der Waals surface area contributed by atoms with E-state index < -0.39 is 0 Å². The Morgan fingerprint density at radius 3 is 2.83 bits per heavy atom. The average Bonchev–Trinajstić information content (AvgIpc) is 2.30. The van der Waals surface area contributed by atoms with E-state index in [2.05, 4.69) is 13.8 Å². The molecule has 0 fully saturated rings. The second-order valence-electron chi connectivity index (χ2n) is 3.79. The van der Waals surface area contributed by atoms with Crippen LogP contribution in [0.25, 0.3) is 0 Å². The molecule has 1 aromatic carbocycles. The zero-order valence-corrected chi connectivity index (χ0v) is 7.23. The van der Waals surface area contributed by atoms with Gasteiger partial charge in [-0.1, -0.05) is 26.0 Å². The smallest absolute Gasteiger partial charge is 0.165 e. The first-order valence-corrected chi connectivity index (χ1v) is 4.03. The molecule has 2 rings (SSSR count). The summed E-state index contributed by atoms with van der Waals surface area (Å²) in [6, 6.07) is 5.08. The van der Waals surface area contributed by atoms with Crippen LogP contribution in [-0.2, 0) is 5.41 Å². The van der Waals surface area contributed by atoms with Crippen molar-refractivity contribution in [1.29, 1.82) is 0 Å². The first kappa shape index (κ1) is 7.59. The highest BCUT2D eigenvalue weighted by atomic mass is 19.1. The lowest BCUT2D eigenvalue weighted by Gasteiger charge is -2.14. The summed E-state index contributed by atoms with van der Waals surface area (Å²) in [4.78, 5) is 0. The van der Waals surface area contributed by atoms with Crippen LogP contribution in [0.5, 0.6) is 5.75 Å². The number of benzene rings is 1. The van der Waals surface area contributed by atoms with Gasteiger partial charge in [-0.2, -0.15) is 0 Å². The van der Waals surface area contributed by atoms with Crippen molar-refractivity contribution in [2.24, 2.45) is 0 Å². The Morgan fingerprint density at radius 1 is 1.42 bits per heavy atom. The third kappa shape index (κ3) is 0.909. The molecule has 1 aliphatic rings. The van der Waals surface area contributed by atoms with Gasteiger partial charge in [0, 0.05) is 11.0 Å². The molecule has 0 atom stereocenters. The Hall–Kier alpha value is -1.05. The molecule has 0 N–H and O–H groups in total. The van der Waals surface area contributed by atoms with Crippen molar-refractivity contribution in [3.05, 3.63) is 29.6 Å². The van der Waals surface area contributed by atoms with Crippen LogP contribution in [0.15, 0.2) is 18.2 Å². The molecule has 64 valence electrons. The van der Waals surface area contributed by atoms with Gasteiger partial charge in [0.1, 0.15) is 0 Å². The maximum atomic E-state index is 13.1. The van der Waals surface area contributed by atoms with Crippen LogP contribution in [0.3, 0.4) is 0 Å². The van der Waals surface area contributed by atoms with Crippen molar-refractivity contribution in [1.82, 2.24) is 0 Å². The number of ether oxygens (including phenoxy) is 1. The maximum absolute atomic E-state index is 13.1. The molecule has 1 nitrogen and oxygen atoms in total. The molecule has 0 aromatic heterocycles. The fraction of sp³-hybridized carbons (Fsp3) is 0.400. The minimum absolute atomic E-state index is 0.0442. The lowest BCUT2D eigenvalue weighted by molar-refractivity contribution is 0.282. The zero-order chi connectivity index (χ0) is 8.77. The van der Waals surface area contributed by atoms with Crippen LogP contribution in [0.4, 0.5) is 4.39 Å². The summed E-state index contributed by atoms with van der Waals surface area (Å²) < 4.78 is 18.4. The number of hydrogen-bond donors (Lipinski definition) is 0. The minimum Gasteiger partial charge on any atom is -0.489 e. The molecule has 1 heterocycles. The number of hydrogen-bond acceptors (Lipinski definition) is 1. The Morgan fingerprint density at radius 2 is 2.17 bits per heavy atom. The molecule has 0 amide bonds. The molecule has 0 aliphatic carbocycles. The van der Waals surface area contributed by atoms with E-state index in [1.54, 1.807) is 6.07 Å². The maximum Gasteiger partial charge on any atom is 0.165 e. The summed E-state index contributed by atoms with van der Waals surface area (Å²) in [5.41, 5.74) is 0.930. The van der Waals surface area contributed by atoms with Gasteiger partial charge >= 0.3 is 0 Å². The summed E-state index contributed by atoms with van der Waals surface area (Å²) in [5, 5.41) is 0. The van der Waals surface area contributed by atoms with E-state index in [0.29, 0.717) is 12.4 Å². The van der Waals surface area contributed by atoms with Crippen LogP contribution in [-0.4, -0.2) is 6.61 Å². The summed E-state index contributed by atoms with van der Waals surface area (Å²) in [6.45, 7) is 4.68. The largest absolute Gasteiger partial charge is 0.489 e. The third-order valence-electron chi connectivity index (χ3n) is 2.27. The van der Waals surface area contributed by atoms with E-state index in [4.69, 9.17) is 4.74 Å². The molecular formula is C10H11FO. The molecular weight excluding hydrogens is 155 g/mol. The van der Waals surface area contributed by atoms with Gasteiger partial charge in [-0.25, -0.2) is 4.39 Å².